The number of aliphatic carboxylic acids is 1. The van der Waals surface area contributed by atoms with Crippen LogP contribution in [0.5, 0.6) is 0 Å². The largest absolute Gasteiger partial charge is 0.479 e. The van der Waals surface area contributed by atoms with E-state index in [2.05, 4.69) is 0 Å². The molecule has 0 heterocycles. The molecular formula is C9H8F2O3. The van der Waals surface area contributed by atoms with Gasteiger partial charge >= 0.3 is 5.97 Å². The fraction of sp³-hybridized carbons (Fsp3) is 0.222. The SMILES string of the molecule is Cc1cc(C(O)C(=O)O)c(F)cc1F. The van der Waals surface area contributed by atoms with Gasteiger partial charge in [-0.1, -0.05) is 0 Å². The van der Waals surface area contributed by atoms with E-state index in [0.29, 0.717) is 6.07 Å². The summed E-state index contributed by atoms with van der Waals surface area (Å²) < 4.78 is 25.7. The molecule has 0 saturated carbocycles. The quantitative estimate of drug-likeness (QED) is 0.761. The van der Waals surface area contributed by atoms with Crippen LogP contribution in [0.25, 0.3) is 0 Å². The molecule has 0 spiro atoms. The molecule has 0 bridgehead atoms. The Labute approximate surface area is 78.6 Å². The fourth-order valence-corrected chi connectivity index (χ4v) is 1.02. The summed E-state index contributed by atoms with van der Waals surface area (Å²) in [6, 6.07) is 1.53. The van der Waals surface area contributed by atoms with E-state index in [1.165, 1.54) is 6.92 Å². The van der Waals surface area contributed by atoms with E-state index in [1.54, 1.807) is 0 Å². The van der Waals surface area contributed by atoms with Crippen molar-refractivity contribution in [3.05, 3.63) is 34.9 Å². The molecule has 2 N–H and O–H groups in total. The Morgan fingerprint density at radius 1 is 1.36 bits per heavy atom. The maximum atomic E-state index is 13.0. The Hall–Kier alpha value is -1.49. The third-order valence-electron chi connectivity index (χ3n) is 1.81. The Bertz CT molecular complexity index is 377. The maximum Gasteiger partial charge on any atom is 0.337 e. The van der Waals surface area contributed by atoms with E-state index < -0.39 is 29.3 Å². The molecule has 1 rings (SSSR count). The predicted octanol–water partition coefficient (Wildman–Crippen LogP) is 1.39. The number of benzene rings is 1. The lowest BCUT2D eigenvalue weighted by atomic mass is 10.1. The van der Waals surface area contributed by atoms with Crippen molar-refractivity contribution in [2.24, 2.45) is 0 Å². The van der Waals surface area contributed by atoms with Crippen molar-refractivity contribution >= 4 is 5.97 Å². The minimum atomic E-state index is -1.96. The molecule has 3 nitrogen and oxygen atoms in total. The Kier molecular flexibility index (Phi) is 2.81. The second-order valence-electron chi connectivity index (χ2n) is 2.86. The number of aliphatic hydroxyl groups excluding tert-OH is 1. The van der Waals surface area contributed by atoms with Crippen LogP contribution < -0.4 is 0 Å². The number of carboxylic acid groups (broad SMARTS) is 1. The third kappa shape index (κ3) is 1.88. The summed E-state index contributed by atoms with van der Waals surface area (Å²) in [6.07, 6.45) is -1.96. The summed E-state index contributed by atoms with van der Waals surface area (Å²) in [5, 5.41) is 17.4. The van der Waals surface area contributed by atoms with E-state index in [-0.39, 0.29) is 5.56 Å². The number of carboxylic acids is 1. The van der Waals surface area contributed by atoms with Gasteiger partial charge in [0.15, 0.2) is 6.10 Å². The standard InChI is InChI=1S/C9H8F2O3/c1-4-2-5(8(12)9(13)14)7(11)3-6(4)10/h2-3,8,12H,1H3,(H,13,14). The van der Waals surface area contributed by atoms with Crippen LogP contribution in [0.3, 0.4) is 0 Å². The zero-order valence-electron chi connectivity index (χ0n) is 7.29. The van der Waals surface area contributed by atoms with Crippen LogP contribution in [0.15, 0.2) is 12.1 Å². The number of aryl methyl sites for hydroxylation is 1. The molecule has 0 aliphatic heterocycles. The van der Waals surface area contributed by atoms with Gasteiger partial charge in [0.05, 0.1) is 0 Å². The molecule has 5 heteroatoms. The lowest BCUT2D eigenvalue weighted by molar-refractivity contribution is -0.147. The Morgan fingerprint density at radius 2 is 1.93 bits per heavy atom. The highest BCUT2D eigenvalue weighted by Crippen LogP contribution is 2.20. The molecule has 0 aliphatic carbocycles. The summed E-state index contributed by atoms with van der Waals surface area (Å²) in [4.78, 5) is 10.3. The van der Waals surface area contributed by atoms with Gasteiger partial charge in [0.1, 0.15) is 11.6 Å². The van der Waals surface area contributed by atoms with Gasteiger partial charge in [0, 0.05) is 11.6 Å². The number of carbonyl (C=O) groups is 1. The average molecular weight is 202 g/mol. The van der Waals surface area contributed by atoms with Gasteiger partial charge < -0.3 is 10.2 Å². The number of halogens is 2. The van der Waals surface area contributed by atoms with Gasteiger partial charge in [-0.15, -0.1) is 0 Å². The zero-order chi connectivity index (χ0) is 10.9. The molecular weight excluding hydrogens is 194 g/mol. The normalized spacial score (nSPS) is 12.6. The van der Waals surface area contributed by atoms with Crippen LogP contribution in [0.1, 0.15) is 17.2 Å². The molecule has 0 aromatic heterocycles. The molecule has 0 aliphatic rings. The van der Waals surface area contributed by atoms with Crippen LogP contribution >= 0.6 is 0 Å². The number of rotatable bonds is 2. The van der Waals surface area contributed by atoms with Crippen molar-refractivity contribution in [2.45, 2.75) is 13.0 Å². The highest BCUT2D eigenvalue weighted by atomic mass is 19.1. The molecule has 0 amide bonds. The van der Waals surface area contributed by atoms with Crippen molar-refractivity contribution in [2.75, 3.05) is 0 Å². The highest BCUT2D eigenvalue weighted by Gasteiger charge is 2.21. The Morgan fingerprint density at radius 3 is 2.43 bits per heavy atom. The third-order valence-corrected chi connectivity index (χ3v) is 1.81. The summed E-state index contributed by atoms with van der Waals surface area (Å²) in [7, 11) is 0. The number of hydrogen-bond acceptors (Lipinski definition) is 2. The van der Waals surface area contributed by atoms with Crippen LogP contribution in [0, 0.1) is 18.6 Å². The maximum absolute atomic E-state index is 13.0. The lowest BCUT2D eigenvalue weighted by Gasteiger charge is -2.08. The van der Waals surface area contributed by atoms with E-state index in [9.17, 15) is 13.6 Å². The van der Waals surface area contributed by atoms with E-state index in [1.807, 2.05) is 0 Å². The van der Waals surface area contributed by atoms with E-state index in [0.717, 1.165) is 6.07 Å². The Balaban J connectivity index is 3.22. The first-order chi connectivity index (χ1) is 6.43. The number of hydrogen-bond donors (Lipinski definition) is 2. The van der Waals surface area contributed by atoms with Crippen molar-refractivity contribution in [1.82, 2.24) is 0 Å². The van der Waals surface area contributed by atoms with Crippen molar-refractivity contribution in [3.8, 4) is 0 Å². The van der Waals surface area contributed by atoms with Gasteiger partial charge in [0.25, 0.3) is 0 Å². The first-order valence-electron chi connectivity index (χ1n) is 3.80. The summed E-state index contributed by atoms with van der Waals surface area (Å²) in [5.41, 5.74) is -0.349. The molecule has 1 aromatic rings. The molecule has 14 heavy (non-hydrogen) atoms. The fourth-order valence-electron chi connectivity index (χ4n) is 1.02. The van der Waals surface area contributed by atoms with E-state index in [4.69, 9.17) is 10.2 Å². The number of aliphatic hydroxyl groups is 1. The molecule has 1 atom stereocenters. The van der Waals surface area contributed by atoms with Gasteiger partial charge in [-0.2, -0.15) is 0 Å². The second-order valence-corrected chi connectivity index (χ2v) is 2.86. The van der Waals surface area contributed by atoms with Crippen LogP contribution in [-0.4, -0.2) is 16.2 Å². The molecule has 1 unspecified atom stereocenters. The van der Waals surface area contributed by atoms with Crippen molar-refractivity contribution < 1.29 is 23.8 Å². The molecule has 1 aromatic carbocycles. The topological polar surface area (TPSA) is 57.5 Å². The molecule has 76 valence electrons. The van der Waals surface area contributed by atoms with Crippen LogP contribution in [0.4, 0.5) is 8.78 Å². The van der Waals surface area contributed by atoms with Gasteiger partial charge in [-0.25, -0.2) is 13.6 Å². The van der Waals surface area contributed by atoms with Crippen molar-refractivity contribution in [1.29, 1.82) is 0 Å². The monoisotopic (exact) mass is 202 g/mol. The zero-order valence-corrected chi connectivity index (χ0v) is 7.29. The first-order valence-corrected chi connectivity index (χ1v) is 3.80. The summed E-state index contributed by atoms with van der Waals surface area (Å²) in [6.45, 7) is 1.35. The van der Waals surface area contributed by atoms with Gasteiger partial charge in [-0.3, -0.25) is 0 Å². The van der Waals surface area contributed by atoms with Gasteiger partial charge in [-0.05, 0) is 18.6 Å². The van der Waals surface area contributed by atoms with Crippen LogP contribution in [-0.2, 0) is 4.79 Å². The average Bonchev–Trinajstić information content (AvgIpc) is 2.10. The lowest BCUT2D eigenvalue weighted by Crippen LogP contribution is -2.12. The minimum absolute atomic E-state index is 0.0849. The highest BCUT2D eigenvalue weighted by molar-refractivity contribution is 5.74. The predicted molar refractivity (Wildman–Crippen MR) is 43.7 cm³/mol. The smallest absolute Gasteiger partial charge is 0.337 e. The minimum Gasteiger partial charge on any atom is -0.479 e. The molecule has 0 saturated heterocycles. The van der Waals surface area contributed by atoms with Gasteiger partial charge in [0.2, 0.25) is 0 Å². The first kappa shape index (κ1) is 10.6. The van der Waals surface area contributed by atoms with Crippen LogP contribution in [0.2, 0.25) is 0 Å². The van der Waals surface area contributed by atoms with Crippen molar-refractivity contribution in [3.63, 3.8) is 0 Å². The molecule has 0 fully saturated rings. The molecule has 0 radical (unpaired) electrons. The summed E-state index contributed by atoms with van der Waals surface area (Å²) in [5.74, 6) is -3.42. The van der Waals surface area contributed by atoms with E-state index >= 15 is 0 Å². The second kappa shape index (κ2) is 3.71. The summed E-state index contributed by atoms with van der Waals surface area (Å²) >= 11 is 0.